The molecule has 0 fully saturated rings. The molecule has 0 aliphatic heterocycles. The maximum Gasteiger partial charge on any atom is 0.372 e. The average molecular weight is 355 g/mol. The Hall–Kier alpha value is -2.55. The number of carbonyl (C=O) groups is 4. The van der Waals surface area contributed by atoms with E-state index < -0.39 is 17.5 Å². The third-order valence-electron chi connectivity index (χ3n) is 2.67. The van der Waals surface area contributed by atoms with Gasteiger partial charge in [-0.1, -0.05) is 12.1 Å². The van der Waals surface area contributed by atoms with Crippen LogP contribution in [0.5, 0.6) is 5.75 Å². The molecule has 130 valence electrons. The number of ether oxygens (including phenoxy) is 3. The van der Waals surface area contributed by atoms with Crippen molar-refractivity contribution < 1.29 is 33.4 Å². The zero-order valence-corrected chi connectivity index (χ0v) is 14.0. The van der Waals surface area contributed by atoms with Crippen LogP contribution in [0.2, 0.25) is 0 Å². The quantitative estimate of drug-likeness (QED) is 0.427. The van der Waals surface area contributed by atoms with E-state index in [9.17, 15) is 19.2 Å². The number of nitrogens with one attached hydrogen (secondary N) is 1. The van der Waals surface area contributed by atoms with Crippen molar-refractivity contribution >= 4 is 35.4 Å². The number of thioether (sulfide) groups is 1. The van der Waals surface area contributed by atoms with Gasteiger partial charge >= 0.3 is 11.3 Å². The first-order valence-corrected chi connectivity index (χ1v) is 7.84. The summed E-state index contributed by atoms with van der Waals surface area (Å²) in [5, 5.41) is 1.78. The number of para-hydroxylation sites is 1. The van der Waals surface area contributed by atoms with Crippen LogP contribution in [0.25, 0.3) is 0 Å². The summed E-state index contributed by atoms with van der Waals surface area (Å²) in [7, 11) is 1.23. The Morgan fingerprint density at radius 1 is 1.29 bits per heavy atom. The molecule has 0 aliphatic carbocycles. The predicted octanol–water partition coefficient (Wildman–Crippen LogP) is 1.73. The van der Waals surface area contributed by atoms with E-state index in [0.29, 0.717) is 0 Å². The number of hydrogen-bond acceptors (Lipinski definition) is 8. The molecule has 0 unspecified atom stereocenters. The highest BCUT2D eigenvalue weighted by atomic mass is 32.2. The predicted molar refractivity (Wildman–Crippen MR) is 85.6 cm³/mol. The van der Waals surface area contributed by atoms with Gasteiger partial charge in [0.05, 0.1) is 7.11 Å². The topological polar surface area (TPSA) is 108 Å². The Morgan fingerprint density at radius 2 is 2.00 bits per heavy atom. The Morgan fingerprint density at radius 3 is 2.62 bits per heavy atom. The summed E-state index contributed by atoms with van der Waals surface area (Å²) in [5.41, 5.74) is 0.134. The van der Waals surface area contributed by atoms with Crippen LogP contribution in [0.4, 0.5) is 4.79 Å². The van der Waals surface area contributed by atoms with Crippen LogP contribution in [0, 0.1) is 0 Å². The summed E-state index contributed by atoms with van der Waals surface area (Å²) < 4.78 is 14.4. The number of rotatable bonds is 8. The number of carbonyl (C=O) groups excluding carboxylic acids is 4. The first kappa shape index (κ1) is 19.5. The molecule has 0 bridgehead atoms. The van der Waals surface area contributed by atoms with Gasteiger partial charge in [-0.25, -0.2) is 9.59 Å². The number of hydrogen-bond donors (Lipinski definition) is 1. The van der Waals surface area contributed by atoms with Crippen molar-refractivity contribution in [3.8, 4) is 5.75 Å². The van der Waals surface area contributed by atoms with Crippen molar-refractivity contribution in [2.24, 2.45) is 0 Å². The van der Waals surface area contributed by atoms with Gasteiger partial charge in [0.15, 0.2) is 6.23 Å². The fourth-order valence-corrected chi connectivity index (χ4v) is 2.32. The van der Waals surface area contributed by atoms with Crippen LogP contribution in [0.1, 0.15) is 23.7 Å². The largest absolute Gasteiger partial charge is 0.465 e. The third-order valence-corrected chi connectivity index (χ3v) is 3.43. The molecule has 1 atom stereocenters. The van der Waals surface area contributed by atoms with Crippen LogP contribution >= 0.6 is 11.8 Å². The van der Waals surface area contributed by atoms with E-state index in [1.165, 1.54) is 26.2 Å². The van der Waals surface area contributed by atoms with Gasteiger partial charge in [0.2, 0.25) is 5.91 Å². The van der Waals surface area contributed by atoms with Gasteiger partial charge in [-0.2, -0.15) is 0 Å². The molecule has 1 rings (SSSR count). The van der Waals surface area contributed by atoms with E-state index in [0.717, 1.165) is 11.8 Å². The summed E-state index contributed by atoms with van der Waals surface area (Å²) in [5.74, 6) is -0.655. The molecule has 24 heavy (non-hydrogen) atoms. The van der Waals surface area contributed by atoms with Crippen molar-refractivity contribution in [3.63, 3.8) is 0 Å². The molecule has 9 heteroatoms. The summed E-state index contributed by atoms with van der Waals surface area (Å²) in [6, 6.07) is 6.18. The summed E-state index contributed by atoms with van der Waals surface area (Å²) >= 11 is 0.820. The Labute approximate surface area is 142 Å². The second-order valence-corrected chi connectivity index (χ2v) is 5.43. The minimum absolute atomic E-state index is 0.0874. The summed E-state index contributed by atoms with van der Waals surface area (Å²) in [4.78, 5) is 44.7. The second-order valence-electron chi connectivity index (χ2n) is 4.40. The second kappa shape index (κ2) is 10.3. The highest BCUT2D eigenvalue weighted by molar-refractivity contribution is 8.13. The van der Waals surface area contributed by atoms with Crippen LogP contribution in [-0.2, 0) is 19.1 Å². The monoisotopic (exact) mass is 355 g/mol. The molecule has 0 aliphatic rings. The maximum absolute atomic E-state index is 11.8. The molecule has 0 heterocycles. The lowest BCUT2D eigenvalue weighted by Gasteiger charge is -2.15. The number of amides is 1. The van der Waals surface area contributed by atoms with Crippen molar-refractivity contribution in [2.45, 2.75) is 19.6 Å². The number of methoxy groups -OCH3 is 1. The molecule has 1 amide bonds. The van der Waals surface area contributed by atoms with Gasteiger partial charge in [-0.05, 0) is 23.9 Å². The molecule has 1 N–H and O–H groups in total. The molecule has 8 nitrogen and oxygen atoms in total. The van der Waals surface area contributed by atoms with Gasteiger partial charge in [0.1, 0.15) is 11.3 Å². The van der Waals surface area contributed by atoms with Gasteiger partial charge < -0.3 is 19.5 Å². The Kier molecular flexibility index (Phi) is 8.34. The Bertz CT molecular complexity index is 605. The Balaban J connectivity index is 2.53. The molecule has 0 saturated carbocycles. The lowest BCUT2D eigenvalue weighted by atomic mass is 10.2. The standard InChI is InChI=1S/C15H17NO7S/c1-10(18)16-13(22-9-17)7-8-24-15(20)23-12-6-4-3-5-11(12)14(19)21-2/h3-6,9,13H,7-8H2,1-2H3,(H,16,18)/t13-/m0/s1. The molecule has 0 radical (unpaired) electrons. The van der Waals surface area contributed by atoms with E-state index in [1.54, 1.807) is 12.1 Å². The van der Waals surface area contributed by atoms with Gasteiger partial charge in [0, 0.05) is 19.1 Å². The minimum atomic E-state index is -0.817. The molecule has 1 aromatic carbocycles. The smallest absolute Gasteiger partial charge is 0.372 e. The third kappa shape index (κ3) is 6.69. The molecule has 1 aromatic rings. The zero-order valence-electron chi connectivity index (χ0n) is 13.1. The highest BCUT2D eigenvalue weighted by Crippen LogP contribution is 2.21. The van der Waals surface area contributed by atoms with E-state index in [4.69, 9.17) is 4.74 Å². The zero-order chi connectivity index (χ0) is 17.9. The van der Waals surface area contributed by atoms with Crippen LogP contribution in [-0.4, -0.2) is 42.7 Å². The van der Waals surface area contributed by atoms with E-state index in [1.807, 2.05) is 0 Å². The van der Waals surface area contributed by atoms with Gasteiger partial charge in [0.25, 0.3) is 6.47 Å². The van der Waals surface area contributed by atoms with Crippen LogP contribution < -0.4 is 10.1 Å². The number of benzene rings is 1. The molecule has 0 aromatic heterocycles. The lowest BCUT2D eigenvalue weighted by Crippen LogP contribution is -2.35. The lowest BCUT2D eigenvalue weighted by molar-refractivity contribution is -0.137. The normalized spacial score (nSPS) is 11.1. The summed E-state index contributed by atoms with van der Waals surface area (Å²) in [6.07, 6.45) is -0.598. The van der Waals surface area contributed by atoms with Crippen molar-refractivity contribution in [3.05, 3.63) is 29.8 Å². The molecule has 0 spiro atoms. The first-order chi connectivity index (χ1) is 11.5. The highest BCUT2D eigenvalue weighted by Gasteiger charge is 2.17. The molecular formula is C15H17NO7S. The van der Waals surface area contributed by atoms with E-state index >= 15 is 0 Å². The van der Waals surface area contributed by atoms with Crippen molar-refractivity contribution in [2.75, 3.05) is 12.9 Å². The maximum atomic E-state index is 11.8. The SMILES string of the molecule is COC(=O)c1ccccc1OC(=O)SCC[C@@H](NC(C)=O)OC=O. The minimum Gasteiger partial charge on any atom is -0.465 e. The fourth-order valence-electron chi connectivity index (χ4n) is 1.67. The summed E-state index contributed by atoms with van der Waals surface area (Å²) in [6.45, 7) is 1.50. The fraction of sp³-hybridized carbons (Fsp3) is 0.333. The van der Waals surface area contributed by atoms with E-state index in [2.05, 4.69) is 14.8 Å². The van der Waals surface area contributed by atoms with Crippen molar-refractivity contribution in [1.29, 1.82) is 0 Å². The van der Waals surface area contributed by atoms with Gasteiger partial charge in [-0.3, -0.25) is 9.59 Å². The average Bonchev–Trinajstić information content (AvgIpc) is 2.54. The number of esters is 1. The molecule has 0 saturated heterocycles. The van der Waals surface area contributed by atoms with Crippen molar-refractivity contribution in [1.82, 2.24) is 5.32 Å². The van der Waals surface area contributed by atoms with Gasteiger partial charge in [-0.15, -0.1) is 0 Å². The van der Waals surface area contributed by atoms with E-state index in [-0.39, 0.29) is 35.9 Å². The first-order valence-electron chi connectivity index (χ1n) is 6.86. The van der Waals surface area contributed by atoms with Crippen LogP contribution in [0.15, 0.2) is 24.3 Å². The van der Waals surface area contributed by atoms with Crippen LogP contribution in [0.3, 0.4) is 0 Å². The molecular weight excluding hydrogens is 338 g/mol.